The molecule has 0 aliphatic heterocycles. The molecule has 2 aromatic rings. The number of carbonyl (C=O) groups excluding carboxylic acids is 1. The minimum absolute atomic E-state index is 0.182. The standard InChI is InChI=1S/C15H22N2O2Si/c1-15(2,3)20(4,5)19-11-13-9-16-14-12(10-18)7-6-8-17(13)14/h6-10H,11H2,1-5H3. The van der Waals surface area contributed by atoms with E-state index in [-0.39, 0.29) is 5.04 Å². The van der Waals surface area contributed by atoms with Crippen LogP contribution in [-0.2, 0) is 11.0 Å². The second-order valence-corrected chi connectivity index (χ2v) is 11.4. The molecule has 0 saturated carbocycles. The molecule has 0 radical (unpaired) electrons. The van der Waals surface area contributed by atoms with Crippen LogP contribution in [-0.4, -0.2) is 24.0 Å². The van der Waals surface area contributed by atoms with Gasteiger partial charge in [0.05, 0.1) is 24.1 Å². The van der Waals surface area contributed by atoms with Gasteiger partial charge in [-0.3, -0.25) is 4.79 Å². The van der Waals surface area contributed by atoms with Crippen LogP contribution in [0.5, 0.6) is 0 Å². The van der Waals surface area contributed by atoms with Crippen molar-refractivity contribution < 1.29 is 9.22 Å². The molecule has 2 rings (SSSR count). The predicted octanol–water partition coefficient (Wildman–Crippen LogP) is 3.67. The van der Waals surface area contributed by atoms with Crippen molar-refractivity contribution >= 4 is 20.3 Å². The zero-order valence-corrected chi connectivity index (χ0v) is 13.8. The van der Waals surface area contributed by atoms with Crippen molar-refractivity contribution in [3.8, 4) is 0 Å². The van der Waals surface area contributed by atoms with E-state index in [1.165, 1.54) is 0 Å². The summed E-state index contributed by atoms with van der Waals surface area (Å²) in [6, 6.07) is 3.63. The first kappa shape index (κ1) is 14.9. The third-order valence-corrected chi connectivity index (χ3v) is 8.64. The van der Waals surface area contributed by atoms with Crippen LogP contribution in [0, 0.1) is 0 Å². The Labute approximate surface area is 120 Å². The van der Waals surface area contributed by atoms with Crippen LogP contribution in [0.2, 0.25) is 18.1 Å². The van der Waals surface area contributed by atoms with Gasteiger partial charge in [0.1, 0.15) is 5.65 Å². The molecule has 5 heteroatoms. The fraction of sp³-hybridized carbons (Fsp3) is 0.467. The van der Waals surface area contributed by atoms with E-state index in [9.17, 15) is 4.79 Å². The molecular formula is C15H22N2O2Si. The molecule has 0 aliphatic carbocycles. The van der Waals surface area contributed by atoms with E-state index in [4.69, 9.17) is 4.43 Å². The Bertz CT molecular complexity index is 626. The molecule has 4 nitrogen and oxygen atoms in total. The number of hydrogen-bond acceptors (Lipinski definition) is 3. The Morgan fingerprint density at radius 3 is 2.70 bits per heavy atom. The first-order valence-corrected chi connectivity index (χ1v) is 9.71. The highest BCUT2D eigenvalue weighted by molar-refractivity contribution is 6.74. The normalized spacial score (nSPS) is 12.8. The SMILES string of the molecule is CC(C)(C)[Si](C)(C)OCc1cnc2c(C=O)cccn12. The van der Waals surface area contributed by atoms with Gasteiger partial charge < -0.3 is 8.83 Å². The fourth-order valence-corrected chi connectivity index (χ4v) is 2.69. The first-order chi connectivity index (χ1) is 9.26. The van der Waals surface area contributed by atoms with Crippen molar-refractivity contribution in [3.05, 3.63) is 35.8 Å². The molecule has 0 atom stereocenters. The van der Waals surface area contributed by atoms with Crippen molar-refractivity contribution in [1.82, 2.24) is 9.38 Å². The maximum absolute atomic E-state index is 11.0. The van der Waals surface area contributed by atoms with E-state index in [0.29, 0.717) is 17.8 Å². The van der Waals surface area contributed by atoms with Crippen molar-refractivity contribution in [1.29, 1.82) is 0 Å². The summed E-state index contributed by atoms with van der Waals surface area (Å²) in [4.78, 5) is 15.3. The van der Waals surface area contributed by atoms with E-state index in [0.717, 1.165) is 12.0 Å². The summed E-state index contributed by atoms with van der Waals surface area (Å²) in [6.45, 7) is 11.6. The van der Waals surface area contributed by atoms with Crippen molar-refractivity contribution in [2.24, 2.45) is 0 Å². The molecule has 0 amide bonds. The number of imidazole rings is 1. The lowest BCUT2D eigenvalue weighted by Crippen LogP contribution is -2.40. The second-order valence-electron chi connectivity index (χ2n) is 6.57. The summed E-state index contributed by atoms with van der Waals surface area (Å²) < 4.78 is 8.14. The number of rotatable bonds is 4. The number of aldehydes is 1. The maximum Gasteiger partial charge on any atom is 0.192 e. The number of hydrogen-bond donors (Lipinski definition) is 0. The van der Waals surface area contributed by atoms with Gasteiger partial charge in [0.2, 0.25) is 0 Å². The molecule has 0 aliphatic rings. The van der Waals surface area contributed by atoms with E-state index >= 15 is 0 Å². The Balaban J connectivity index is 2.26. The summed E-state index contributed by atoms with van der Waals surface area (Å²) in [5, 5.41) is 0.182. The van der Waals surface area contributed by atoms with Gasteiger partial charge in [0.15, 0.2) is 14.6 Å². The summed E-state index contributed by atoms with van der Waals surface area (Å²) >= 11 is 0. The third kappa shape index (κ3) is 2.69. The first-order valence-electron chi connectivity index (χ1n) is 6.80. The average molecular weight is 290 g/mol. The number of nitrogens with zero attached hydrogens (tertiary/aromatic N) is 2. The zero-order chi connectivity index (χ0) is 15.0. The lowest BCUT2D eigenvalue weighted by atomic mass is 10.2. The van der Waals surface area contributed by atoms with Crippen LogP contribution in [0.15, 0.2) is 24.5 Å². The molecule has 0 aromatic carbocycles. The number of fused-ring (bicyclic) bond motifs is 1. The minimum atomic E-state index is -1.78. The molecule has 0 saturated heterocycles. The summed E-state index contributed by atoms with van der Waals surface area (Å²) in [7, 11) is -1.78. The van der Waals surface area contributed by atoms with Crippen LogP contribution in [0.25, 0.3) is 5.65 Å². The number of carbonyl (C=O) groups is 1. The van der Waals surface area contributed by atoms with Crippen LogP contribution in [0.1, 0.15) is 36.8 Å². The van der Waals surface area contributed by atoms with E-state index in [1.807, 2.05) is 16.7 Å². The molecule has 2 heterocycles. The van der Waals surface area contributed by atoms with E-state index in [2.05, 4.69) is 38.8 Å². The molecule has 108 valence electrons. The van der Waals surface area contributed by atoms with Crippen molar-refractivity contribution in [2.45, 2.75) is 45.5 Å². The highest BCUT2D eigenvalue weighted by Gasteiger charge is 2.37. The molecule has 0 fully saturated rings. The molecular weight excluding hydrogens is 268 g/mol. The molecule has 20 heavy (non-hydrogen) atoms. The average Bonchev–Trinajstić information content (AvgIpc) is 2.78. The van der Waals surface area contributed by atoms with Gasteiger partial charge >= 0.3 is 0 Å². The topological polar surface area (TPSA) is 43.6 Å². The highest BCUT2D eigenvalue weighted by Crippen LogP contribution is 2.37. The molecule has 2 aromatic heterocycles. The minimum Gasteiger partial charge on any atom is -0.411 e. The Morgan fingerprint density at radius 1 is 1.40 bits per heavy atom. The Kier molecular flexibility index (Phi) is 3.84. The maximum atomic E-state index is 11.0. The van der Waals surface area contributed by atoms with Crippen LogP contribution in [0.4, 0.5) is 0 Å². The van der Waals surface area contributed by atoms with Gasteiger partial charge in [-0.25, -0.2) is 4.98 Å². The van der Waals surface area contributed by atoms with Crippen molar-refractivity contribution in [3.63, 3.8) is 0 Å². The highest BCUT2D eigenvalue weighted by atomic mass is 28.4. The lowest BCUT2D eigenvalue weighted by molar-refractivity contribution is 0.112. The summed E-state index contributed by atoms with van der Waals surface area (Å²) in [5.41, 5.74) is 2.27. The number of aromatic nitrogens is 2. The molecule has 0 spiro atoms. The molecule has 0 N–H and O–H groups in total. The van der Waals surface area contributed by atoms with Gasteiger partial charge in [-0.05, 0) is 30.3 Å². The van der Waals surface area contributed by atoms with E-state index < -0.39 is 8.32 Å². The van der Waals surface area contributed by atoms with Crippen molar-refractivity contribution in [2.75, 3.05) is 0 Å². The van der Waals surface area contributed by atoms with Gasteiger partial charge in [-0.2, -0.15) is 0 Å². The fourth-order valence-electron chi connectivity index (χ4n) is 1.75. The summed E-state index contributed by atoms with van der Waals surface area (Å²) in [6.07, 6.45) is 4.54. The van der Waals surface area contributed by atoms with Crippen LogP contribution >= 0.6 is 0 Å². The largest absolute Gasteiger partial charge is 0.411 e. The van der Waals surface area contributed by atoms with Gasteiger partial charge in [-0.1, -0.05) is 20.8 Å². The number of pyridine rings is 1. The van der Waals surface area contributed by atoms with E-state index in [1.54, 1.807) is 12.3 Å². The Hall–Kier alpha value is -1.46. The zero-order valence-electron chi connectivity index (χ0n) is 12.8. The summed E-state index contributed by atoms with van der Waals surface area (Å²) in [5.74, 6) is 0. The second kappa shape index (κ2) is 5.14. The quantitative estimate of drug-likeness (QED) is 0.637. The van der Waals surface area contributed by atoms with Crippen LogP contribution in [0.3, 0.4) is 0 Å². The molecule has 0 unspecified atom stereocenters. The van der Waals surface area contributed by atoms with Crippen LogP contribution < -0.4 is 0 Å². The third-order valence-electron chi connectivity index (χ3n) is 4.16. The van der Waals surface area contributed by atoms with Gasteiger partial charge in [-0.15, -0.1) is 0 Å². The van der Waals surface area contributed by atoms with Gasteiger partial charge in [0, 0.05) is 6.20 Å². The smallest absolute Gasteiger partial charge is 0.192 e. The molecule has 0 bridgehead atoms. The lowest BCUT2D eigenvalue weighted by Gasteiger charge is -2.36. The monoisotopic (exact) mass is 290 g/mol. The van der Waals surface area contributed by atoms with Gasteiger partial charge in [0.25, 0.3) is 0 Å². The predicted molar refractivity (Wildman–Crippen MR) is 82.6 cm³/mol. The Morgan fingerprint density at radius 2 is 2.10 bits per heavy atom.